The lowest BCUT2D eigenvalue weighted by Crippen LogP contribution is -2.25. The average molecular weight is 381 g/mol. The highest BCUT2D eigenvalue weighted by Crippen LogP contribution is 2.41. The predicted molar refractivity (Wildman–Crippen MR) is 78.1 cm³/mol. The van der Waals surface area contributed by atoms with Gasteiger partial charge in [-0.15, -0.1) is 0 Å². The highest BCUT2D eigenvalue weighted by molar-refractivity contribution is 9.11. The summed E-state index contributed by atoms with van der Waals surface area (Å²) in [6, 6.07) is 3.75. The molecule has 0 bridgehead atoms. The highest BCUT2D eigenvalue weighted by atomic mass is 79.9. The summed E-state index contributed by atoms with van der Waals surface area (Å²) >= 11 is 11.2. The third kappa shape index (κ3) is 2.63. The number of carbonyl (C=O) groups excluding carboxylic acids is 1. The molecular formula is C11H11Br2NO2S. The number of hydrogen-bond donors (Lipinski definition) is 1. The Labute approximate surface area is 122 Å². The Hall–Kier alpha value is -0.200. The lowest BCUT2D eigenvalue weighted by molar-refractivity contribution is -0.117. The second-order valence-corrected chi connectivity index (χ2v) is 6.30. The SMILES string of the molecule is COc1cc(Br)cc(Br)c1N1CC(S)CC1=O. The van der Waals surface area contributed by atoms with Crippen LogP contribution in [0.1, 0.15) is 6.42 Å². The minimum atomic E-state index is 0.0753. The molecule has 0 saturated carbocycles. The van der Waals surface area contributed by atoms with Crippen molar-refractivity contribution in [3.63, 3.8) is 0 Å². The van der Waals surface area contributed by atoms with Crippen LogP contribution in [0.2, 0.25) is 0 Å². The maximum Gasteiger partial charge on any atom is 0.228 e. The first kappa shape index (κ1) is 13.2. The number of hydrogen-bond acceptors (Lipinski definition) is 3. The Bertz CT molecular complexity index is 467. The van der Waals surface area contributed by atoms with Gasteiger partial charge in [0.2, 0.25) is 5.91 Å². The summed E-state index contributed by atoms with van der Waals surface area (Å²) in [5, 5.41) is 0.0859. The molecule has 0 aromatic heterocycles. The molecule has 6 heteroatoms. The summed E-state index contributed by atoms with van der Waals surface area (Å²) < 4.78 is 7.06. The molecule has 1 unspecified atom stereocenters. The van der Waals surface area contributed by atoms with Gasteiger partial charge in [0.25, 0.3) is 0 Å². The Morgan fingerprint density at radius 1 is 1.47 bits per heavy atom. The number of rotatable bonds is 2. The van der Waals surface area contributed by atoms with Gasteiger partial charge in [-0.1, -0.05) is 15.9 Å². The normalized spacial score (nSPS) is 19.9. The number of halogens is 2. The third-order valence-corrected chi connectivity index (χ3v) is 4.00. The molecule has 1 aliphatic rings. The van der Waals surface area contributed by atoms with E-state index < -0.39 is 0 Å². The molecule has 1 amide bonds. The first-order valence-corrected chi connectivity index (χ1v) is 7.14. The van der Waals surface area contributed by atoms with Crippen LogP contribution in [0.3, 0.4) is 0 Å². The van der Waals surface area contributed by atoms with Crippen molar-refractivity contribution in [1.82, 2.24) is 0 Å². The number of carbonyl (C=O) groups is 1. The van der Waals surface area contributed by atoms with Gasteiger partial charge in [-0.25, -0.2) is 0 Å². The van der Waals surface area contributed by atoms with E-state index in [2.05, 4.69) is 44.5 Å². The summed E-state index contributed by atoms with van der Waals surface area (Å²) in [5.74, 6) is 0.744. The molecule has 0 radical (unpaired) electrons. The fourth-order valence-corrected chi connectivity index (χ4v) is 3.58. The monoisotopic (exact) mass is 379 g/mol. The van der Waals surface area contributed by atoms with Gasteiger partial charge >= 0.3 is 0 Å². The number of nitrogens with zero attached hydrogens (tertiary/aromatic N) is 1. The van der Waals surface area contributed by atoms with Crippen LogP contribution >= 0.6 is 44.5 Å². The lowest BCUT2D eigenvalue weighted by atomic mass is 10.2. The molecule has 1 saturated heterocycles. The molecule has 1 aromatic carbocycles. The van der Waals surface area contributed by atoms with Crippen LogP contribution in [0.4, 0.5) is 5.69 Å². The van der Waals surface area contributed by atoms with Gasteiger partial charge in [-0.3, -0.25) is 4.79 Å². The van der Waals surface area contributed by atoms with Gasteiger partial charge in [-0.05, 0) is 28.1 Å². The van der Waals surface area contributed by atoms with E-state index >= 15 is 0 Å². The number of methoxy groups -OCH3 is 1. The highest BCUT2D eigenvalue weighted by Gasteiger charge is 2.31. The van der Waals surface area contributed by atoms with Crippen LogP contribution in [-0.2, 0) is 4.79 Å². The van der Waals surface area contributed by atoms with Crippen molar-refractivity contribution >= 4 is 56.1 Å². The lowest BCUT2D eigenvalue weighted by Gasteiger charge is -2.21. The maximum atomic E-state index is 11.9. The fourth-order valence-electron chi connectivity index (χ4n) is 1.86. The van der Waals surface area contributed by atoms with Crippen LogP contribution in [-0.4, -0.2) is 24.8 Å². The molecule has 1 aromatic rings. The molecule has 1 fully saturated rings. The first-order chi connectivity index (χ1) is 8.02. The quantitative estimate of drug-likeness (QED) is 0.798. The van der Waals surface area contributed by atoms with E-state index in [1.54, 1.807) is 12.0 Å². The molecule has 1 aliphatic heterocycles. The van der Waals surface area contributed by atoms with E-state index in [-0.39, 0.29) is 11.2 Å². The van der Waals surface area contributed by atoms with E-state index in [1.165, 1.54) is 0 Å². The zero-order valence-corrected chi connectivity index (χ0v) is 13.2. The molecular weight excluding hydrogens is 370 g/mol. The summed E-state index contributed by atoms with van der Waals surface area (Å²) in [5.41, 5.74) is 0.775. The van der Waals surface area contributed by atoms with Crippen molar-refractivity contribution in [2.75, 3.05) is 18.6 Å². The van der Waals surface area contributed by atoms with E-state index in [0.717, 1.165) is 14.6 Å². The maximum absolute atomic E-state index is 11.9. The summed E-state index contributed by atoms with van der Waals surface area (Å²) in [6.07, 6.45) is 0.467. The van der Waals surface area contributed by atoms with Crippen LogP contribution < -0.4 is 9.64 Å². The van der Waals surface area contributed by atoms with Gasteiger partial charge in [0, 0.05) is 27.2 Å². The Morgan fingerprint density at radius 3 is 2.71 bits per heavy atom. The first-order valence-electron chi connectivity index (χ1n) is 5.04. The standard InChI is InChI=1S/C11H11Br2NO2S/c1-16-9-3-6(12)2-8(13)11(9)14-5-7(17)4-10(14)15/h2-3,7,17H,4-5H2,1H3. The minimum Gasteiger partial charge on any atom is -0.494 e. The second kappa shape index (κ2) is 5.20. The zero-order chi connectivity index (χ0) is 12.6. The van der Waals surface area contributed by atoms with Gasteiger partial charge in [0.15, 0.2) is 0 Å². The van der Waals surface area contributed by atoms with E-state index in [0.29, 0.717) is 18.7 Å². The van der Waals surface area contributed by atoms with Crippen LogP contribution in [0.5, 0.6) is 5.75 Å². The number of thiol groups is 1. The largest absolute Gasteiger partial charge is 0.494 e. The fraction of sp³-hybridized carbons (Fsp3) is 0.364. The molecule has 0 N–H and O–H groups in total. The predicted octanol–water partition coefficient (Wildman–Crippen LogP) is 3.26. The van der Waals surface area contributed by atoms with Crippen molar-refractivity contribution in [2.45, 2.75) is 11.7 Å². The van der Waals surface area contributed by atoms with E-state index in [4.69, 9.17) is 4.74 Å². The molecule has 3 nitrogen and oxygen atoms in total. The molecule has 0 spiro atoms. The van der Waals surface area contributed by atoms with E-state index in [1.807, 2.05) is 12.1 Å². The third-order valence-electron chi connectivity index (χ3n) is 2.59. The number of ether oxygens (including phenoxy) is 1. The smallest absolute Gasteiger partial charge is 0.228 e. The number of anilines is 1. The average Bonchev–Trinajstić information content (AvgIpc) is 2.56. The molecule has 2 rings (SSSR count). The van der Waals surface area contributed by atoms with Gasteiger partial charge in [0.1, 0.15) is 11.4 Å². The molecule has 17 heavy (non-hydrogen) atoms. The van der Waals surface area contributed by atoms with Gasteiger partial charge in [-0.2, -0.15) is 12.6 Å². The van der Waals surface area contributed by atoms with Crippen molar-refractivity contribution in [3.8, 4) is 5.75 Å². The van der Waals surface area contributed by atoms with Crippen molar-refractivity contribution in [3.05, 3.63) is 21.1 Å². The Morgan fingerprint density at radius 2 is 2.18 bits per heavy atom. The Balaban J connectivity index is 2.47. The van der Waals surface area contributed by atoms with Crippen molar-refractivity contribution in [2.24, 2.45) is 0 Å². The number of amides is 1. The van der Waals surface area contributed by atoms with Gasteiger partial charge in [0.05, 0.1) is 7.11 Å². The van der Waals surface area contributed by atoms with Crippen LogP contribution in [0.25, 0.3) is 0 Å². The molecule has 0 aliphatic carbocycles. The topological polar surface area (TPSA) is 29.5 Å². The van der Waals surface area contributed by atoms with Crippen molar-refractivity contribution in [1.29, 1.82) is 0 Å². The van der Waals surface area contributed by atoms with E-state index in [9.17, 15) is 4.79 Å². The van der Waals surface area contributed by atoms with Crippen LogP contribution in [0, 0.1) is 0 Å². The Kier molecular flexibility index (Phi) is 4.05. The van der Waals surface area contributed by atoms with Gasteiger partial charge < -0.3 is 9.64 Å². The summed E-state index contributed by atoms with van der Waals surface area (Å²) in [6.45, 7) is 0.610. The molecule has 1 heterocycles. The summed E-state index contributed by atoms with van der Waals surface area (Å²) in [7, 11) is 1.59. The molecule has 92 valence electrons. The van der Waals surface area contributed by atoms with Crippen LogP contribution in [0.15, 0.2) is 21.1 Å². The second-order valence-electron chi connectivity index (χ2n) is 3.80. The zero-order valence-electron chi connectivity index (χ0n) is 9.11. The van der Waals surface area contributed by atoms with Crippen molar-refractivity contribution < 1.29 is 9.53 Å². The molecule has 1 atom stereocenters. The number of benzene rings is 1. The minimum absolute atomic E-state index is 0.0753. The summed E-state index contributed by atoms with van der Waals surface area (Å²) in [4.78, 5) is 13.6.